The highest BCUT2D eigenvalue weighted by molar-refractivity contribution is 9.10. The van der Waals surface area contributed by atoms with Gasteiger partial charge in [-0.25, -0.2) is 0 Å². The van der Waals surface area contributed by atoms with E-state index < -0.39 is 0 Å². The second kappa shape index (κ2) is 4.53. The minimum atomic E-state index is 0.209. The smallest absolute Gasteiger partial charge is 0.121 e. The van der Waals surface area contributed by atoms with Crippen molar-refractivity contribution in [2.24, 2.45) is 5.92 Å². The van der Waals surface area contributed by atoms with E-state index in [2.05, 4.69) is 42.0 Å². The topological polar surface area (TPSA) is 25.2 Å². The van der Waals surface area contributed by atoms with Gasteiger partial charge in [-0.15, -0.1) is 0 Å². The first-order chi connectivity index (χ1) is 7.47. The van der Waals surface area contributed by atoms with Gasteiger partial charge < -0.3 is 9.73 Å². The van der Waals surface area contributed by atoms with Gasteiger partial charge in [0.05, 0.1) is 10.7 Å². The second-order valence-corrected chi connectivity index (χ2v) is 6.56. The molecule has 0 radical (unpaired) electrons. The van der Waals surface area contributed by atoms with Gasteiger partial charge in [-0.2, -0.15) is 0 Å². The average molecular weight is 286 g/mol. The van der Waals surface area contributed by atoms with Crippen molar-refractivity contribution >= 4 is 15.9 Å². The second-order valence-electron chi connectivity index (χ2n) is 5.71. The van der Waals surface area contributed by atoms with Gasteiger partial charge in [-0.3, -0.25) is 0 Å². The Balaban J connectivity index is 1.92. The molecule has 0 saturated heterocycles. The molecule has 1 aromatic rings. The number of hydrogen-bond donors (Lipinski definition) is 1. The zero-order valence-corrected chi connectivity index (χ0v) is 11.8. The first kappa shape index (κ1) is 12.2. The Morgan fingerprint density at radius 2 is 2.19 bits per heavy atom. The third-order valence-electron chi connectivity index (χ3n) is 3.29. The lowest BCUT2D eigenvalue weighted by molar-refractivity contribution is 0.200. The number of nitrogens with one attached hydrogen (secondary N) is 1. The molecule has 16 heavy (non-hydrogen) atoms. The summed E-state index contributed by atoms with van der Waals surface area (Å²) < 4.78 is 6.68. The summed E-state index contributed by atoms with van der Waals surface area (Å²) in [4.78, 5) is 0. The summed E-state index contributed by atoms with van der Waals surface area (Å²) in [6.45, 7) is 7.72. The minimum absolute atomic E-state index is 0.209. The molecule has 0 spiro atoms. The van der Waals surface area contributed by atoms with E-state index in [9.17, 15) is 0 Å². The van der Waals surface area contributed by atoms with Gasteiger partial charge >= 0.3 is 0 Å². The van der Waals surface area contributed by atoms with Crippen LogP contribution in [0.25, 0.3) is 0 Å². The van der Waals surface area contributed by atoms with Gasteiger partial charge in [0.25, 0.3) is 0 Å². The van der Waals surface area contributed by atoms with E-state index >= 15 is 0 Å². The summed E-state index contributed by atoms with van der Waals surface area (Å²) in [5, 5.41) is 3.58. The molecule has 1 N–H and O–H groups in total. The molecular formula is C13H20BrNO. The van der Waals surface area contributed by atoms with E-state index in [0.717, 1.165) is 22.7 Å². The summed E-state index contributed by atoms with van der Waals surface area (Å²) in [6, 6.07) is 1.99. The van der Waals surface area contributed by atoms with Crippen LogP contribution in [0.3, 0.4) is 0 Å². The molecule has 1 aliphatic carbocycles. The van der Waals surface area contributed by atoms with Gasteiger partial charge in [0, 0.05) is 11.5 Å². The maximum Gasteiger partial charge on any atom is 0.121 e. The van der Waals surface area contributed by atoms with Gasteiger partial charge in [0.15, 0.2) is 0 Å². The Labute approximate surface area is 106 Å². The fraction of sp³-hybridized carbons (Fsp3) is 0.692. The van der Waals surface area contributed by atoms with E-state index in [1.165, 1.54) is 12.8 Å². The molecule has 0 amide bonds. The van der Waals surface area contributed by atoms with Crippen molar-refractivity contribution in [3.63, 3.8) is 0 Å². The van der Waals surface area contributed by atoms with Crippen LogP contribution in [0.2, 0.25) is 0 Å². The Morgan fingerprint density at radius 3 is 2.62 bits per heavy atom. The zero-order chi connectivity index (χ0) is 11.8. The van der Waals surface area contributed by atoms with Crippen LogP contribution < -0.4 is 5.32 Å². The predicted octanol–water partition coefficient (Wildman–Crippen LogP) is 3.92. The Bertz CT molecular complexity index is 353. The molecule has 2 rings (SSSR count). The molecule has 1 fully saturated rings. The quantitative estimate of drug-likeness (QED) is 0.911. The van der Waals surface area contributed by atoms with E-state index in [0.29, 0.717) is 5.92 Å². The fourth-order valence-corrected chi connectivity index (χ4v) is 2.66. The van der Waals surface area contributed by atoms with Crippen LogP contribution in [0.5, 0.6) is 0 Å². The zero-order valence-electron chi connectivity index (χ0n) is 10.2. The van der Waals surface area contributed by atoms with E-state index in [-0.39, 0.29) is 5.54 Å². The molecule has 0 aromatic carbocycles. The van der Waals surface area contributed by atoms with Crippen molar-refractivity contribution < 1.29 is 4.42 Å². The number of furan rings is 1. The monoisotopic (exact) mass is 285 g/mol. The highest BCUT2D eigenvalue weighted by Crippen LogP contribution is 2.45. The van der Waals surface area contributed by atoms with Crippen molar-refractivity contribution in [3.8, 4) is 0 Å². The molecule has 90 valence electrons. The molecule has 2 unspecified atom stereocenters. The highest BCUT2D eigenvalue weighted by atomic mass is 79.9. The van der Waals surface area contributed by atoms with Crippen molar-refractivity contribution in [2.75, 3.05) is 6.54 Å². The fourth-order valence-electron chi connectivity index (χ4n) is 2.17. The predicted molar refractivity (Wildman–Crippen MR) is 69.6 cm³/mol. The third-order valence-corrected chi connectivity index (χ3v) is 3.95. The minimum Gasteiger partial charge on any atom is -0.468 e. The van der Waals surface area contributed by atoms with Gasteiger partial charge in [0.2, 0.25) is 0 Å². The molecule has 0 aliphatic heterocycles. The number of hydrogen-bond acceptors (Lipinski definition) is 2. The van der Waals surface area contributed by atoms with Crippen LogP contribution in [0.4, 0.5) is 0 Å². The Morgan fingerprint density at radius 1 is 1.44 bits per heavy atom. The van der Waals surface area contributed by atoms with Crippen molar-refractivity contribution in [1.82, 2.24) is 5.32 Å². The first-order valence-corrected chi connectivity index (χ1v) is 6.74. The SMILES string of the molecule is CC(C)(C)NCC1CCC1c1occc1Br. The lowest BCUT2D eigenvalue weighted by Crippen LogP contribution is -2.42. The first-order valence-electron chi connectivity index (χ1n) is 5.95. The summed E-state index contributed by atoms with van der Waals surface area (Å²) in [5.41, 5.74) is 0.209. The number of halogens is 1. The molecule has 1 saturated carbocycles. The van der Waals surface area contributed by atoms with Crippen LogP contribution >= 0.6 is 15.9 Å². The summed E-state index contributed by atoms with van der Waals surface area (Å²) >= 11 is 3.55. The van der Waals surface area contributed by atoms with Crippen molar-refractivity contribution in [3.05, 3.63) is 22.6 Å². The third kappa shape index (κ3) is 2.69. The van der Waals surface area contributed by atoms with E-state index in [1.807, 2.05) is 6.07 Å². The van der Waals surface area contributed by atoms with Gasteiger partial charge in [-0.1, -0.05) is 0 Å². The molecular weight excluding hydrogens is 266 g/mol. The Kier molecular flexibility index (Phi) is 3.45. The number of rotatable bonds is 3. The molecule has 2 atom stereocenters. The van der Waals surface area contributed by atoms with Crippen LogP contribution in [0.1, 0.15) is 45.3 Å². The van der Waals surface area contributed by atoms with Crippen LogP contribution in [0.15, 0.2) is 21.2 Å². The van der Waals surface area contributed by atoms with E-state index in [4.69, 9.17) is 4.42 Å². The summed E-state index contributed by atoms with van der Waals surface area (Å²) in [6.07, 6.45) is 4.33. The van der Waals surface area contributed by atoms with E-state index in [1.54, 1.807) is 6.26 Å². The summed E-state index contributed by atoms with van der Waals surface area (Å²) in [5.74, 6) is 2.45. The maximum absolute atomic E-state index is 5.56. The van der Waals surface area contributed by atoms with Crippen LogP contribution in [0, 0.1) is 5.92 Å². The molecule has 1 heterocycles. The summed E-state index contributed by atoms with van der Waals surface area (Å²) in [7, 11) is 0. The Hall–Kier alpha value is -0.280. The largest absolute Gasteiger partial charge is 0.468 e. The van der Waals surface area contributed by atoms with Gasteiger partial charge in [0.1, 0.15) is 5.76 Å². The van der Waals surface area contributed by atoms with Crippen molar-refractivity contribution in [1.29, 1.82) is 0 Å². The lowest BCUT2D eigenvalue weighted by atomic mass is 9.72. The van der Waals surface area contributed by atoms with Crippen LogP contribution in [-0.4, -0.2) is 12.1 Å². The van der Waals surface area contributed by atoms with Crippen molar-refractivity contribution in [2.45, 2.75) is 45.1 Å². The van der Waals surface area contributed by atoms with Crippen LogP contribution in [-0.2, 0) is 0 Å². The maximum atomic E-state index is 5.56. The lowest BCUT2D eigenvalue weighted by Gasteiger charge is -2.37. The standard InChI is InChI=1S/C13H20BrNO/c1-13(2,3)15-8-9-4-5-10(9)12-11(14)6-7-16-12/h6-7,9-10,15H,4-5,8H2,1-3H3. The normalized spacial score (nSPS) is 25.5. The van der Waals surface area contributed by atoms with Gasteiger partial charge in [-0.05, 0) is 68.1 Å². The molecule has 3 heteroatoms. The average Bonchev–Trinajstić information content (AvgIpc) is 2.48. The molecule has 1 aliphatic rings. The highest BCUT2D eigenvalue weighted by Gasteiger charge is 2.35. The molecule has 1 aromatic heterocycles. The molecule has 0 bridgehead atoms. The molecule has 2 nitrogen and oxygen atoms in total.